The van der Waals surface area contributed by atoms with Crippen LogP contribution in [0.5, 0.6) is 5.75 Å². The Kier molecular flexibility index (Phi) is 4.50. The maximum Gasteiger partial charge on any atom is 0.170 e. The molecule has 5 heteroatoms. The van der Waals surface area contributed by atoms with Gasteiger partial charge in [-0.1, -0.05) is 19.1 Å². The van der Waals surface area contributed by atoms with Gasteiger partial charge in [-0.2, -0.15) is 0 Å². The van der Waals surface area contributed by atoms with Gasteiger partial charge in [0, 0.05) is 10.9 Å². The highest BCUT2D eigenvalue weighted by atomic mass is 32.1. The molecule has 102 valence electrons. The number of benzene rings is 1. The van der Waals surface area contributed by atoms with Crippen LogP contribution in [0.1, 0.15) is 29.2 Å². The molecular weight excluding hydrogens is 263 g/mol. The predicted molar refractivity (Wildman–Crippen MR) is 75.3 cm³/mol. The summed E-state index contributed by atoms with van der Waals surface area (Å²) in [7, 11) is 1.47. The van der Waals surface area contributed by atoms with Crippen molar-refractivity contribution in [2.45, 2.75) is 19.9 Å². The fourth-order valence-electron chi connectivity index (χ4n) is 2.00. The molecule has 2 rings (SSSR count). The van der Waals surface area contributed by atoms with Crippen molar-refractivity contribution >= 4 is 11.3 Å². The molecule has 1 atom stereocenters. The smallest absolute Gasteiger partial charge is 0.170 e. The summed E-state index contributed by atoms with van der Waals surface area (Å²) in [6.07, 6.45) is 0. The molecular formula is C14H17FN2OS. The van der Waals surface area contributed by atoms with E-state index in [1.165, 1.54) is 7.11 Å². The summed E-state index contributed by atoms with van der Waals surface area (Å²) >= 11 is 1.56. The first kappa shape index (κ1) is 14.0. The zero-order valence-electron chi connectivity index (χ0n) is 11.2. The zero-order chi connectivity index (χ0) is 13.8. The number of hydrogen-bond donors (Lipinski definition) is 1. The lowest BCUT2D eigenvalue weighted by Crippen LogP contribution is -2.23. The van der Waals surface area contributed by atoms with Crippen LogP contribution in [0.4, 0.5) is 4.39 Å². The molecule has 19 heavy (non-hydrogen) atoms. The van der Waals surface area contributed by atoms with Gasteiger partial charge in [-0.15, -0.1) is 11.3 Å². The fraction of sp³-hybridized carbons (Fsp3) is 0.357. The Bertz CT molecular complexity index is 556. The van der Waals surface area contributed by atoms with Crippen LogP contribution in [0.2, 0.25) is 0 Å². The van der Waals surface area contributed by atoms with Crippen molar-refractivity contribution in [2.24, 2.45) is 0 Å². The molecule has 0 spiro atoms. The van der Waals surface area contributed by atoms with E-state index in [0.29, 0.717) is 5.56 Å². The number of ether oxygens (including phenoxy) is 1. The van der Waals surface area contributed by atoms with Crippen LogP contribution in [-0.4, -0.2) is 18.6 Å². The number of nitrogens with one attached hydrogen (secondary N) is 1. The molecule has 0 aliphatic heterocycles. The minimum atomic E-state index is -0.332. The highest BCUT2D eigenvalue weighted by Gasteiger charge is 2.21. The molecule has 1 unspecified atom stereocenters. The Morgan fingerprint density at radius 3 is 2.84 bits per heavy atom. The second kappa shape index (κ2) is 6.12. The maximum atomic E-state index is 14.3. The number of halogens is 1. The van der Waals surface area contributed by atoms with Gasteiger partial charge >= 0.3 is 0 Å². The Hall–Kier alpha value is -1.46. The van der Waals surface area contributed by atoms with E-state index in [-0.39, 0.29) is 17.6 Å². The predicted octanol–water partition coefficient (Wildman–Crippen LogP) is 3.30. The molecule has 0 radical (unpaired) electrons. The summed E-state index contributed by atoms with van der Waals surface area (Å²) < 4.78 is 19.4. The van der Waals surface area contributed by atoms with Gasteiger partial charge < -0.3 is 10.1 Å². The molecule has 0 saturated heterocycles. The highest BCUT2D eigenvalue weighted by molar-refractivity contribution is 7.09. The Morgan fingerprint density at radius 1 is 1.47 bits per heavy atom. The third-order valence-electron chi connectivity index (χ3n) is 2.86. The number of nitrogens with zero attached hydrogens (tertiary/aromatic N) is 1. The summed E-state index contributed by atoms with van der Waals surface area (Å²) in [4.78, 5) is 4.45. The van der Waals surface area contributed by atoms with E-state index in [4.69, 9.17) is 4.74 Å². The van der Waals surface area contributed by atoms with Crippen molar-refractivity contribution in [2.75, 3.05) is 13.7 Å². The normalized spacial score (nSPS) is 12.4. The lowest BCUT2D eigenvalue weighted by Gasteiger charge is -2.18. The van der Waals surface area contributed by atoms with Crippen molar-refractivity contribution < 1.29 is 9.13 Å². The summed E-state index contributed by atoms with van der Waals surface area (Å²) in [5.74, 6) is -0.0750. The molecule has 1 heterocycles. The van der Waals surface area contributed by atoms with Crippen LogP contribution in [0.25, 0.3) is 0 Å². The minimum Gasteiger partial charge on any atom is -0.494 e. The van der Waals surface area contributed by atoms with Gasteiger partial charge in [0.25, 0.3) is 0 Å². The fourth-order valence-corrected chi connectivity index (χ4v) is 2.64. The molecule has 0 bridgehead atoms. The monoisotopic (exact) mass is 280 g/mol. The van der Waals surface area contributed by atoms with Gasteiger partial charge in [-0.25, -0.2) is 9.37 Å². The minimum absolute atomic E-state index is 0.245. The van der Waals surface area contributed by atoms with Crippen molar-refractivity contribution in [3.05, 3.63) is 45.7 Å². The van der Waals surface area contributed by atoms with E-state index in [1.54, 1.807) is 29.5 Å². The summed E-state index contributed by atoms with van der Waals surface area (Å²) in [6.45, 7) is 4.67. The van der Waals surface area contributed by atoms with Gasteiger partial charge in [-0.05, 0) is 19.5 Å². The highest BCUT2D eigenvalue weighted by Crippen LogP contribution is 2.29. The largest absolute Gasteiger partial charge is 0.494 e. The molecule has 1 aromatic carbocycles. The first-order chi connectivity index (χ1) is 9.17. The average Bonchev–Trinajstić information content (AvgIpc) is 2.83. The molecule has 0 aliphatic rings. The molecule has 3 nitrogen and oxygen atoms in total. The zero-order valence-corrected chi connectivity index (χ0v) is 12.1. The molecule has 1 aromatic heterocycles. The SMILES string of the molecule is CCNC(c1csc(C)n1)c1cccc(OC)c1F. The molecule has 0 amide bonds. The average molecular weight is 280 g/mol. The van der Waals surface area contributed by atoms with Gasteiger partial charge in [0.15, 0.2) is 11.6 Å². The van der Waals surface area contributed by atoms with E-state index in [9.17, 15) is 4.39 Å². The topological polar surface area (TPSA) is 34.2 Å². The first-order valence-electron chi connectivity index (χ1n) is 6.15. The third-order valence-corrected chi connectivity index (χ3v) is 3.66. The number of aromatic nitrogens is 1. The van der Waals surface area contributed by atoms with E-state index in [0.717, 1.165) is 17.2 Å². The lowest BCUT2D eigenvalue weighted by atomic mass is 10.0. The van der Waals surface area contributed by atoms with E-state index < -0.39 is 0 Å². The quantitative estimate of drug-likeness (QED) is 0.912. The number of thiazole rings is 1. The van der Waals surface area contributed by atoms with Crippen LogP contribution in [0.3, 0.4) is 0 Å². The second-order valence-corrected chi connectivity index (χ2v) is 5.21. The van der Waals surface area contributed by atoms with Gasteiger partial charge in [0.2, 0.25) is 0 Å². The first-order valence-corrected chi connectivity index (χ1v) is 7.03. The lowest BCUT2D eigenvalue weighted by molar-refractivity contribution is 0.381. The maximum absolute atomic E-state index is 14.3. The van der Waals surface area contributed by atoms with Crippen molar-refractivity contribution in [1.29, 1.82) is 0 Å². The van der Waals surface area contributed by atoms with Gasteiger partial charge in [0.1, 0.15) is 0 Å². The third kappa shape index (κ3) is 2.93. The molecule has 1 N–H and O–H groups in total. The summed E-state index contributed by atoms with van der Waals surface area (Å²) in [5.41, 5.74) is 1.41. The molecule has 0 aliphatic carbocycles. The van der Waals surface area contributed by atoms with Crippen LogP contribution in [-0.2, 0) is 0 Å². The number of aryl methyl sites for hydroxylation is 1. The summed E-state index contributed by atoms with van der Waals surface area (Å²) in [5, 5.41) is 6.20. The number of rotatable bonds is 5. The van der Waals surface area contributed by atoms with Crippen LogP contribution < -0.4 is 10.1 Å². The van der Waals surface area contributed by atoms with E-state index in [2.05, 4.69) is 10.3 Å². The van der Waals surface area contributed by atoms with Crippen LogP contribution in [0, 0.1) is 12.7 Å². The van der Waals surface area contributed by atoms with Gasteiger partial charge in [0.05, 0.1) is 23.9 Å². The molecule has 0 fully saturated rings. The number of hydrogen-bond acceptors (Lipinski definition) is 4. The Morgan fingerprint density at radius 2 is 2.26 bits per heavy atom. The van der Waals surface area contributed by atoms with Crippen LogP contribution >= 0.6 is 11.3 Å². The van der Waals surface area contributed by atoms with Gasteiger partial charge in [-0.3, -0.25) is 0 Å². The van der Waals surface area contributed by atoms with Crippen molar-refractivity contribution in [3.63, 3.8) is 0 Å². The Labute approximate surface area is 116 Å². The van der Waals surface area contributed by atoms with E-state index >= 15 is 0 Å². The standard InChI is InChI=1S/C14H17FN2OS/c1-4-16-14(11-8-19-9(2)17-11)10-6-5-7-12(18-3)13(10)15/h5-8,14,16H,4H2,1-3H3. The summed E-state index contributed by atoms with van der Waals surface area (Å²) in [6, 6.07) is 4.93. The number of methoxy groups -OCH3 is 1. The van der Waals surface area contributed by atoms with E-state index in [1.807, 2.05) is 19.2 Å². The molecule has 2 aromatic rings. The van der Waals surface area contributed by atoms with Crippen molar-refractivity contribution in [3.8, 4) is 5.75 Å². The Balaban J connectivity index is 2.44. The van der Waals surface area contributed by atoms with Crippen LogP contribution in [0.15, 0.2) is 23.6 Å². The van der Waals surface area contributed by atoms with Crippen molar-refractivity contribution in [1.82, 2.24) is 10.3 Å². The second-order valence-electron chi connectivity index (χ2n) is 4.15. The molecule has 0 saturated carbocycles.